The van der Waals surface area contributed by atoms with E-state index in [1.54, 1.807) is 6.08 Å². The summed E-state index contributed by atoms with van der Waals surface area (Å²) in [6.07, 6.45) is 5.59. The standard InChI is InChI=1S/C13H18FN/c1-4-6-10-9(2)15(3)12-8-5-7-11(14)13(10)12/h7H,4-6,8H2,1-3H3. The molecule has 0 aliphatic heterocycles. The molecule has 0 bridgehead atoms. The zero-order valence-electron chi connectivity index (χ0n) is 9.73. The van der Waals surface area contributed by atoms with Crippen LogP contribution in [-0.2, 0) is 19.9 Å². The van der Waals surface area contributed by atoms with Crippen LogP contribution in [0.3, 0.4) is 0 Å². The van der Waals surface area contributed by atoms with Crippen molar-refractivity contribution in [3.63, 3.8) is 0 Å². The molecule has 0 radical (unpaired) electrons. The smallest absolute Gasteiger partial charge is 0.128 e. The summed E-state index contributed by atoms with van der Waals surface area (Å²) in [7, 11) is 2.05. The summed E-state index contributed by atoms with van der Waals surface area (Å²) in [4.78, 5) is 0. The molecule has 1 aliphatic carbocycles. The van der Waals surface area contributed by atoms with Gasteiger partial charge in [0.25, 0.3) is 0 Å². The number of aromatic nitrogens is 1. The Morgan fingerprint density at radius 3 is 2.87 bits per heavy atom. The van der Waals surface area contributed by atoms with Gasteiger partial charge in [-0.1, -0.05) is 13.3 Å². The molecule has 1 nitrogen and oxygen atoms in total. The highest BCUT2D eigenvalue weighted by atomic mass is 19.1. The highest BCUT2D eigenvalue weighted by molar-refractivity contribution is 5.68. The predicted molar refractivity (Wildman–Crippen MR) is 61.6 cm³/mol. The van der Waals surface area contributed by atoms with Gasteiger partial charge in [-0.05, 0) is 37.8 Å². The number of allylic oxidation sites excluding steroid dienone is 1. The first-order valence-corrected chi connectivity index (χ1v) is 5.69. The summed E-state index contributed by atoms with van der Waals surface area (Å²) in [5.74, 6) is -0.0107. The highest BCUT2D eigenvalue weighted by Crippen LogP contribution is 2.34. The first kappa shape index (κ1) is 10.5. The summed E-state index contributed by atoms with van der Waals surface area (Å²) < 4.78 is 16.0. The molecule has 0 fully saturated rings. The molecule has 0 N–H and O–H groups in total. The third kappa shape index (κ3) is 1.52. The van der Waals surface area contributed by atoms with E-state index < -0.39 is 0 Å². The normalized spacial score (nSPS) is 15.1. The lowest BCUT2D eigenvalue weighted by molar-refractivity contribution is 0.716. The van der Waals surface area contributed by atoms with E-state index in [1.165, 1.54) is 17.0 Å². The second-order valence-electron chi connectivity index (χ2n) is 4.29. The third-order valence-electron chi connectivity index (χ3n) is 3.38. The fraction of sp³-hybridized carbons (Fsp3) is 0.538. The van der Waals surface area contributed by atoms with Gasteiger partial charge in [0.1, 0.15) is 5.83 Å². The van der Waals surface area contributed by atoms with Crippen LogP contribution in [0.1, 0.15) is 42.3 Å². The maximum Gasteiger partial charge on any atom is 0.128 e. The van der Waals surface area contributed by atoms with Gasteiger partial charge in [-0.25, -0.2) is 4.39 Å². The Hall–Kier alpha value is -1.05. The van der Waals surface area contributed by atoms with Crippen molar-refractivity contribution >= 4 is 5.83 Å². The number of hydrogen-bond acceptors (Lipinski definition) is 0. The van der Waals surface area contributed by atoms with Crippen LogP contribution in [0, 0.1) is 6.92 Å². The van der Waals surface area contributed by atoms with Crippen molar-refractivity contribution in [2.75, 3.05) is 0 Å². The van der Waals surface area contributed by atoms with E-state index in [2.05, 4.69) is 18.4 Å². The lowest BCUT2D eigenvalue weighted by Gasteiger charge is -2.11. The summed E-state index contributed by atoms with van der Waals surface area (Å²) in [5.41, 5.74) is 4.51. The first-order valence-electron chi connectivity index (χ1n) is 5.69. The third-order valence-corrected chi connectivity index (χ3v) is 3.38. The summed E-state index contributed by atoms with van der Waals surface area (Å²) in [6, 6.07) is 0. The average molecular weight is 207 g/mol. The topological polar surface area (TPSA) is 4.93 Å². The Morgan fingerprint density at radius 1 is 1.47 bits per heavy atom. The molecule has 1 aromatic heterocycles. The minimum atomic E-state index is -0.0107. The molecule has 1 heterocycles. The summed E-state index contributed by atoms with van der Waals surface area (Å²) in [5, 5.41) is 0. The molecule has 1 aromatic rings. The van der Waals surface area contributed by atoms with Crippen molar-refractivity contribution < 1.29 is 4.39 Å². The van der Waals surface area contributed by atoms with Crippen LogP contribution >= 0.6 is 0 Å². The Morgan fingerprint density at radius 2 is 2.20 bits per heavy atom. The lowest BCUT2D eigenvalue weighted by atomic mass is 9.97. The molecular formula is C13H18FN. The van der Waals surface area contributed by atoms with Gasteiger partial charge in [0.15, 0.2) is 0 Å². The van der Waals surface area contributed by atoms with E-state index in [0.29, 0.717) is 0 Å². The second-order valence-corrected chi connectivity index (χ2v) is 4.29. The van der Waals surface area contributed by atoms with E-state index in [9.17, 15) is 4.39 Å². The fourth-order valence-corrected chi connectivity index (χ4v) is 2.50. The zero-order chi connectivity index (χ0) is 11.0. The van der Waals surface area contributed by atoms with Crippen LogP contribution in [0.4, 0.5) is 4.39 Å². The molecule has 0 unspecified atom stereocenters. The summed E-state index contributed by atoms with van der Waals surface area (Å²) >= 11 is 0. The Labute approximate surface area is 90.6 Å². The van der Waals surface area contributed by atoms with Crippen molar-refractivity contribution in [2.45, 2.75) is 39.5 Å². The van der Waals surface area contributed by atoms with Gasteiger partial charge in [-0.3, -0.25) is 0 Å². The van der Waals surface area contributed by atoms with E-state index >= 15 is 0 Å². The van der Waals surface area contributed by atoms with Crippen molar-refractivity contribution in [1.82, 2.24) is 4.57 Å². The Kier molecular flexibility index (Phi) is 2.68. The SMILES string of the molecule is CCCc1c2c(n(C)c1C)CCC=C2F. The fourth-order valence-electron chi connectivity index (χ4n) is 2.50. The number of fused-ring (bicyclic) bond motifs is 1. The van der Waals surface area contributed by atoms with E-state index in [0.717, 1.165) is 31.2 Å². The number of hydrogen-bond donors (Lipinski definition) is 0. The van der Waals surface area contributed by atoms with Gasteiger partial charge in [0, 0.05) is 24.0 Å². The minimum Gasteiger partial charge on any atom is -0.351 e. The molecule has 0 aromatic carbocycles. The Bertz CT molecular complexity index is 413. The second kappa shape index (κ2) is 3.84. The molecule has 0 saturated heterocycles. The summed E-state index contributed by atoms with van der Waals surface area (Å²) in [6.45, 7) is 4.24. The molecule has 0 atom stereocenters. The van der Waals surface area contributed by atoms with Crippen LogP contribution in [0.25, 0.3) is 5.83 Å². The van der Waals surface area contributed by atoms with E-state index in [4.69, 9.17) is 0 Å². The van der Waals surface area contributed by atoms with Crippen LogP contribution in [0.2, 0.25) is 0 Å². The quantitative estimate of drug-likeness (QED) is 0.699. The number of nitrogens with zero attached hydrogens (tertiary/aromatic N) is 1. The monoisotopic (exact) mass is 207 g/mol. The molecule has 0 saturated carbocycles. The number of rotatable bonds is 2. The van der Waals surface area contributed by atoms with Crippen molar-refractivity contribution in [3.8, 4) is 0 Å². The van der Waals surface area contributed by atoms with Crippen LogP contribution in [0.15, 0.2) is 6.08 Å². The largest absolute Gasteiger partial charge is 0.351 e. The molecule has 0 amide bonds. The molecule has 1 aliphatic rings. The van der Waals surface area contributed by atoms with Gasteiger partial charge in [0.05, 0.1) is 0 Å². The highest BCUT2D eigenvalue weighted by Gasteiger charge is 2.22. The average Bonchev–Trinajstić information content (AvgIpc) is 2.46. The van der Waals surface area contributed by atoms with Gasteiger partial charge in [-0.2, -0.15) is 0 Å². The van der Waals surface area contributed by atoms with E-state index in [-0.39, 0.29) is 5.83 Å². The van der Waals surface area contributed by atoms with Crippen LogP contribution in [0.5, 0.6) is 0 Å². The van der Waals surface area contributed by atoms with E-state index in [1.807, 2.05) is 7.05 Å². The zero-order valence-corrected chi connectivity index (χ0v) is 9.73. The van der Waals surface area contributed by atoms with Crippen LogP contribution in [-0.4, -0.2) is 4.57 Å². The predicted octanol–water partition coefficient (Wildman–Crippen LogP) is 3.54. The lowest BCUT2D eigenvalue weighted by Crippen LogP contribution is -2.02. The molecule has 2 rings (SSSR count). The van der Waals surface area contributed by atoms with Gasteiger partial charge in [0.2, 0.25) is 0 Å². The maximum absolute atomic E-state index is 13.8. The van der Waals surface area contributed by atoms with Crippen LogP contribution < -0.4 is 0 Å². The number of halogens is 1. The molecule has 0 spiro atoms. The molecular weight excluding hydrogens is 189 g/mol. The van der Waals surface area contributed by atoms with Crippen molar-refractivity contribution in [2.24, 2.45) is 7.05 Å². The molecule has 2 heteroatoms. The Balaban J connectivity index is 2.61. The minimum absolute atomic E-state index is 0.0107. The van der Waals surface area contributed by atoms with Crippen molar-refractivity contribution in [3.05, 3.63) is 28.6 Å². The van der Waals surface area contributed by atoms with Crippen molar-refractivity contribution in [1.29, 1.82) is 0 Å². The molecule has 15 heavy (non-hydrogen) atoms. The van der Waals surface area contributed by atoms with Gasteiger partial charge >= 0.3 is 0 Å². The maximum atomic E-state index is 13.8. The molecule has 82 valence electrons. The van der Waals surface area contributed by atoms with Gasteiger partial charge in [-0.15, -0.1) is 0 Å². The first-order chi connectivity index (χ1) is 7.16. The van der Waals surface area contributed by atoms with Gasteiger partial charge < -0.3 is 4.57 Å².